The van der Waals surface area contributed by atoms with Gasteiger partial charge in [0.05, 0.1) is 0 Å². The highest BCUT2D eigenvalue weighted by molar-refractivity contribution is 7.99. The van der Waals surface area contributed by atoms with Crippen LogP contribution in [0.15, 0.2) is 53.4 Å². The van der Waals surface area contributed by atoms with E-state index in [2.05, 4.69) is 5.32 Å². The maximum Gasteiger partial charge on any atom is 0.242 e. The molecule has 0 radical (unpaired) electrons. The molecule has 0 unspecified atom stereocenters. The second-order valence-electron chi connectivity index (χ2n) is 6.71. The third-order valence-electron chi connectivity index (χ3n) is 4.47. The third-order valence-corrected chi connectivity index (χ3v) is 5.82. The molecule has 1 N–H and O–H groups in total. The molecule has 6 heteroatoms. The monoisotopic (exact) mass is 418 g/mol. The van der Waals surface area contributed by atoms with Crippen molar-refractivity contribution < 1.29 is 9.59 Å². The highest BCUT2D eigenvalue weighted by Gasteiger charge is 2.25. The molecule has 2 amide bonds. The normalized spacial score (nSPS) is 11.7. The summed E-state index contributed by atoms with van der Waals surface area (Å²) < 4.78 is 0. The molecule has 1 atom stereocenters. The van der Waals surface area contributed by atoms with Gasteiger partial charge in [0.1, 0.15) is 6.04 Å². The lowest BCUT2D eigenvalue weighted by atomic mass is 10.1. The summed E-state index contributed by atoms with van der Waals surface area (Å²) in [6.45, 7) is 4.22. The Balaban J connectivity index is 1.95. The quantitative estimate of drug-likeness (QED) is 0.475. The average Bonchev–Trinajstić information content (AvgIpc) is 2.69. The predicted octanol–water partition coefficient (Wildman–Crippen LogP) is 4.68. The number of thioether (sulfide) groups is 1. The van der Waals surface area contributed by atoms with Crippen LogP contribution in [0.2, 0.25) is 5.02 Å². The molecule has 0 bridgehead atoms. The van der Waals surface area contributed by atoms with Crippen LogP contribution in [0, 0.1) is 6.92 Å². The van der Waals surface area contributed by atoms with E-state index >= 15 is 0 Å². The molecule has 2 aromatic carbocycles. The number of likely N-dealkylation sites (N-methyl/N-ethyl adjacent to an activating group) is 1. The molecule has 150 valence electrons. The van der Waals surface area contributed by atoms with Gasteiger partial charge >= 0.3 is 0 Å². The molecule has 2 rings (SSSR count). The zero-order valence-electron chi connectivity index (χ0n) is 16.6. The predicted molar refractivity (Wildman–Crippen MR) is 117 cm³/mol. The van der Waals surface area contributed by atoms with Crippen LogP contribution in [0.3, 0.4) is 0 Å². The van der Waals surface area contributed by atoms with Crippen LogP contribution in [0.1, 0.15) is 30.9 Å². The standard InChI is InChI=1S/C22H27ClN2O2S/c1-16-6-4-7-18(14-16)15-25(17(2)22(27)24-3)21(26)8-5-13-28-20-11-9-19(23)10-12-20/h4,6-7,9-12,14,17H,5,8,13,15H2,1-3H3,(H,24,27)/t17-/m1/s1. The van der Waals surface area contributed by atoms with E-state index in [1.54, 1.807) is 30.6 Å². The number of carbonyl (C=O) groups is 2. The Bertz CT molecular complexity index is 795. The SMILES string of the molecule is CNC(=O)[C@@H](C)N(Cc1cccc(C)c1)C(=O)CCCSc1ccc(Cl)cc1. The summed E-state index contributed by atoms with van der Waals surface area (Å²) in [5, 5.41) is 3.36. The number of hydrogen-bond acceptors (Lipinski definition) is 3. The average molecular weight is 419 g/mol. The molecule has 28 heavy (non-hydrogen) atoms. The van der Waals surface area contributed by atoms with E-state index in [1.165, 1.54) is 0 Å². The van der Waals surface area contributed by atoms with E-state index in [4.69, 9.17) is 11.6 Å². The zero-order chi connectivity index (χ0) is 20.5. The van der Waals surface area contributed by atoms with Gasteiger partial charge in [-0.15, -0.1) is 11.8 Å². The van der Waals surface area contributed by atoms with Crippen molar-refractivity contribution in [1.29, 1.82) is 0 Å². The maximum atomic E-state index is 12.9. The van der Waals surface area contributed by atoms with Crippen LogP contribution in [0.4, 0.5) is 0 Å². The fourth-order valence-corrected chi connectivity index (χ4v) is 3.87. The zero-order valence-corrected chi connectivity index (χ0v) is 18.1. The van der Waals surface area contributed by atoms with Crippen molar-refractivity contribution >= 4 is 35.2 Å². The smallest absolute Gasteiger partial charge is 0.242 e. The number of halogens is 1. The van der Waals surface area contributed by atoms with Crippen molar-refractivity contribution in [1.82, 2.24) is 10.2 Å². The number of nitrogens with zero attached hydrogens (tertiary/aromatic N) is 1. The summed E-state index contributed by atoms with van der Waals surface area (Å²) in [7, 11) is 1.59. The fraction of sp³-hybridized carbons (Fsp3) is 0.364. The van der Waals surface area contributed by atoms with Gasteiger partial charge in [0.2, 0.25) is 11.8 Å². The van der Waals surface area contributed by atoms with Crippen LogP contribution in [-0.4, -0.2) is 35.6 Å². The van der Waals surface area contributed by atoms with E-state index in [-0.39, 0.29) is 11.8 Å². The van der Waals surface area contributed by atoms with Crippen molar-refractivity contribution in [3.63, 3.8) is 0 Å². The van der Waals surface area contributed by atoms with Gasteiger partial charge in [-0.2, -0.15) is 0 Å². The lowest BCUT2D eigenvalue weighted by Gasteiger charge is -2.28. The van der Waals surface area contributed by atoms with Crippen LogP contribution in [0.25, 0.3) is 0 Å². The first-order valence-corrected chi connectivity index (χ1v) is 10.7. The van der Waals surface area contributed by atoms with Crippen molar-refractivity contribution in [2.24, 2.45) is 0 Å². The van der Waals surface area contributed by atoms with E-state index < -0.39 is 6.04 Å². The van der Waals surface area contributed by atoms with Gasteiger partial charge in [0.15, 0.2) is 0 Å². The van der Waals surface area contributed by atoms with E-state index in [0.29, 0.717) is 13.0 Å². The second-order valence-corrected chi connectivity index (χ2v) is 8.31. The second kappa shape index (κ2) is 11.1. The van der Waals surface area contributed by atoms with Crippen LogP contribution in [-0.2, 0) is 16.1 Å². The molecule has 0 aliphatic heterocycles. The van der Waals surface area contributed by atoms with Crippen molar-refractivity contribution in [2.75, 3.05) is 12.8 Å². The minimum absolute atomic E-state index is 0.00527. The number of rotatable bonds is 9. The number of nitrogens with one attached hydrogen (secondary N) is 1. The van der Waals surface area contributed by atoms with Gasteiger partial charge in [0.25, 0.3) is 0 Å². The van der Waals surface area contributed by atoms with Gasteiger partial charge in [-0.25, -0.2) is 0 Å². The summed E-state index contributed by atoms with van der Waals surface area (Å²) in [6, 6.07) is 15.2. The van der Waals surface area contributed by atoms with Gasteiger partial charge in [-0.05, 0) is 55.9 Å². The molecule has 0 saturated carbocycles. The van der Waals surface area contributed by atoms with Crippen molar-refractivity contribution in [3.05, 3.63) is 64.7 Å². The first-order valence-electron chi connectivity index (χ1n) is 9.35. The fourth-order valence-electron chi connectivity index (χ4n) is 2.89. The Labute approximate surface area is 176 Å². The summed E-state index contributed by atoms with van der Waals surface area (Å²) in [5.41, 5.74) is 2.16. The maximum absolute atomic E-state index is 12.9. The molecule has 0 aliphatic carbocycles. The Hall–Kier alpha value is -1.98. The summed E-state index contributed by atoms with van der Waals surface area (Å²) in [4.78, 5) is 27.8. The first kappa shape index (κ1) is 22.3. The molecule has 0 spiro atoms. The lowest BCUT2D eigenvalue weighted by molar-refractivity contribution is -0.140. The van der Waals surface area contributed by atoms with Crippen molar-refractivity contribution in [2.45, 2.75) is 44.2 Å². The van der Waals surface area contributed by atoms with E-state index in [1.807, 2.05) is 55.5 Å². The van der Waals surface area contributed by atoms with Crippen LogP contribution in [0.5, 0.6) is 0 Å². The molecular weight excluding hydrogens is 392 g/mol. The molecule has 4 nitrogen and oxygen atoms in total. The largest absolute Gasteiger partial charge is 0.357 e. The topological polar surface area (TPSA) is 49.4 Å². The van der Waals surface area contributed by atoms with Crippen molar-refractivity contribution in [3.8, 4) is 0 Å². The first-order chi connectivity index (χ1) is 13.4. The Kier molecular flexibility index (Phi) is 8.87. The van der Waals surface area contributed by atoms with Crippen LogP contribution < -0.4 is 5.32 Å². The number of benzene rings is 2. The van der Waals surface area contributed by atoms with Gasteiger partial charge in [-0.1, -0.05) is 41.4 Å². The Morgan fingerprint density at radius 3 is 2.54 bits per heavy atom. The third kappa shape index (κ3) is 6.88. The molecule has 0 heterocycles. The van der Waals surface area contributed by atoms with Gasteiger partial charge in [0, 0.05) is 29.9 Å². The van der Waals surface area contributed by atoms with Crippen LogP contribution >= 0.6 is 23.4 Å². The molecule has 0 aromatic heterocycles. The minimum Gasteiger partial charge on any atom is -0.357 e. The summed E-state index contributed by atoms with van der Waals surface area (Å²) in [5.74, 6) is 0.672. The molecule has 0 fully saturated rings. The van der Waals surface area contributed by atoms with Gasteiger partial charge in [-0.3, -0.25) is 9.59 Å². The van der Waals surface area contributed by atoms with E-state index in [9.17, 15) is 9.59 Å². The van der Waals surface area contributed by atoms with Gasteiger partial charge < -0.3 is 10.2 Å². The highest BCUT2D eigenvalue weighted by Crippen LogP contribution is 2.22. The number of hydrogen-bond donors (Lipinski definition) is 1. The number of carbonyl (C=O) groups excluding carboxylic acids is 2. The molecule has 2 aromatic rings. The molecule has 0 aliphatic rings. The Morgan fingerprint density at radius 1 is 1.18 bits per heavy atom. The lowest BCUT2D eigenvalue weighted by Crippen LogP contribution is -2.46. The number of amides is 2. The Morgan fingerprint density at radius 2 is 1.89 bits per heavy atom. The van der Waals surface area contributed by atoms with E-state index in [0.717, 1.165) is 33.2 Å². The summed E-state index contributed by atoms with van der Waals surface area (Å²) >= 11 is 7.60. The molecular formula is C22H27ClN2O2S. The minimum atomic E-state index is -0.512. The number of aryl methyl sites for hydroxylation is 1. The highest BCUT2D eigenvalue weighted by atomic mass is 35.5. The summed E-state index contributed by atoms with van der Waals surface area (Å²) in [6.07, 6.45) is 1.16. The molecule has 0 saturated heterocycles.